The summed E-state index contributed by atoms with van der Waals surface area (Å²) in [6.45, 7) is 23.4. The van der Waals surface area contributed by atoms with Crippen LogP contribution in [0.1, 0.15) is 113 Å². The van der Waals surface area contributed by atoms with Crippen molar-refractivity contribution in [3.63, 3.8) is 0 Å². The van der Waals surface area contributed by atoms with E-state index in [2.05, 4.69) is 111 Å². The van der Waals surface area contributed by atoms with Gasteiger partial charge in [0.15, 0.2) is 5.78 Å². The van der Waals surface area contributed by atoms with Gasteiger partial charge in [0.1, 0.15) is 12.1 Å². The molecule has 0 aliphatic rings. The zero-order valence-electron chi connectivity index (χ0n) is 32.5. The van der Waals surface area contributed by atoms with Crippen LogP contribution >= 0.6 is 11.3 Å². The van der Waals surface area contributed by atoms with E-state index >= 15 is 0 Å². The number of thiophene rings is 1. The quantitative estimate of drug-likeness (QED) is 0.0815. The summed E-state index contributed by atoms with van der Waals surface area (Å²) in [4.78, 5) is 21.5. The third-order valence-corrected chi connectivity index (χ3v) is 11.7. The number of aliphatic hydroxyl groups is 1. The molecule has 4 nitrogen and oxygen atoms in total. The number of nitrogens with zero attached hydrogens (tertiary/aromatic N) is 2. The molecule has 0 unspecified atom stereocenters. The van der Waals surface area contributed by atoms with Crippen molar-refractivity contribution in [2.45, 2.75) is 114 Å². The summed E-state index contributed by atoms with van der Waals surface area (Å²) in [5.41, 5.74) is 6.16. The van der Waals surface area contributed by atoms with Gasteiger partial charge in [-0.2, -0.15) is 0 Å². The number of fused-ring (bicyclic) bond motifs is 2. The number of aliphatic hydroxyl groups excluding tert-OH is 1. The van der Waals surface area contributed by atoms with Crippen molar-refractivity contribution in [2.24, 2.45) is 16.7 Å². The number of allylic oxidation sites excluding steroid dienone is 2. The summed E-state index contributed by atoms with van der Waals surface area (Å²) >= 11 is 1.83. The van der Waals surface area contributed by atoms with E-state index in [1.165, 1.54) is 32.7 Å². The van der Waals surface area contributed by atoms with Crippen molar-refractivity contribution >= 4 is 38.0 Å². The molecule has 0 saturated heterocycles. The van der Waals surface area contributed by atoms with Crippen molar-refractivity contribution in [2.75, 3.05) is 0 Å². The van der Waals surface area contributed by atoms with Crippen LogP contribution in [0.4, 0.5) is 0 Å². The predicted molar refractivity (Wildman–Crippen MR) is 215 cm³/mol. The molecule has 0 bridgehead atoms. The van der Waals surface area contributed by atoms with Gasteiger partial charge < -0.3 is 5.11 Å². The van der Waals surface area contributed by atoms with Crippen LogP contribution in [-0.2, 0) is 36.7 Å². The molecule has 2 aromatic heterocycles. The van der Waals surface area contributed by atoms with E-state index in [-0.39, 0.29) is 47.9 Å². The van der Waals surface area contributed by atoms with Crippen molar-refractivity contribution in [1.82, 2.24) is 9.97 Å². The number of carbonyl (C=O) groups is 1. The molecule has 0 aliphatic carbocycles. The van der Waals surface area contributed by atoms with E-state index < -0.39 is 0 Å². The molecule has 51 heavy (non-hydrogen) atoms. The van der Waals surface area contributed by atoms with E-state index in [9.17, 15) is 9.90 Å². The maximum Gasteiger partial charge on any atom is 0.164 e. The smallest absolute Gasteiger partial charge is 0.164 e. The molecule has 5 aromatic rings. The minimum absolute atomic E-state index is 0. The summed E-state index contributed by atoms with van der Waals surface area (Å²) in [6.07, 6.45) is 7.50. The number of benzene rings is 3. The van der Waals surface area contributed by atoms with Gasteiger partial charge in [0.2, 0.25) is 0 Å². The number of carbonyl (C=O) groups excluding carboxylic acids is 1. The fraction of sp³-hybridized carbons (Fsp3) is 0.444. The van der Waals surface area contributed by atoms with E-state index in [1.807, 2.05) is 52.9 Å². The van der Waals surface area contributed by atoms with Crippen LogP contribution in [0.2, 0.25) is 0 Å². The van der Waals surface area contributed by atoms with Crippen LogP contribution in [0.5, 0.6) is 0 Å². The molecule has 5 rings (SSSR count). The van der Waals surface area contributed by atoms with Crippen molar-refractivity contribution in [3.05, 3.63) is 95.3 Å². The summed E-state index contributed by atoms with van der Waals surface area (Å²) in [5, 5.41) is 16.0. The van der Waals surface area contributed by atoms with Gasteiger partial charge in [-0.05, 0) is 84.0 Å². The standard InChI is InChI=1S/C30H29N2S.C15H28O2.Ir/c1-19(2)12-24-15-22(14-21-10-11-33-29(21)24)27-17-28(32-18-31-27)23-13-20-8-6-7-9-25(20)26(16-23)30(3,4)5;1-7-14(5,8-2)12(16)11-13(17)15(6,9-3)10-4;/h6-11,14-19H,12H2,1-5H3;11,16H,7-10H2,1-6H3;/q-1;;/b;12-11-;. The Morgan fingerprint density at radius 2 is 1.49 bits per heavy atom. The second kappa shape index (κ2) is 17.6. The zero-order valence-corrected chi connectivity index (χ0v) is 35.7. The zero-order chi connectivity index (χ0) is 36.9. The van der Waals surface area contributed by atoms with Crippen LogP contribution in [0.3, 0.4) is 0 Å². The molecule has 0 aliphatic heterocycles. The molecule has 0 atom stereocenters. The van der Waals surface area contributed by atoms with E-state index in [4.69, 9.17) is 0 Å². The first-order valence-electron chi connectivity index (χ1n) is 18.3. The Morgan fingerprint density at radius 3 is 2.10 bits per heavy atom. The molecule has 0 amide bonds. The molecule has 1 radical (unpaired) electrons. The first-order valence-corrected chi connectivity index (χ1v) is 19.2. The predicted octanol–water partition coefficient (Wildman–Crippen LogP) is 13.1. The molecular formula is C45H57IrN2O2S-. The number of hydrogen-bond donors (Lipinski definition) is 1. The SMILES string of the molecule is CC(C)Cc1cc(-c2cc(-c3[c-]c4ccccc4c(C(C)(C)C)c3)ncn2)cc2ccsc12.CCC(C)(CC)C(=O)/C=C(\O)C(C)(CC)CC.[Ir]. The van der Waals surface area contributed by atoms with Crippen molar-refractivity contribution in [3.8, 4) is 22.5 Å². The van der Waals surface area contributed by atoms with Crippen molar-refractivity contribution in [1.29, 1.82) is 0 Å². The molecule has 2 heterocycles. The molecule has 0 fully saturated rings. The van der Waals surface area contributed by atoms with E-state index in [1.54, 1.807) is 6.33 Å². The second-order valence-corrected chi connectivity index (χ2v) is 16.6. The maximum atomic E-state index is 12.2. The third kappa shape index (κ3) is 9.83. The van der Waals surface area contributed by atoms with Crippen LogP contribution in [0, 0.1) is 22.8 Å². The number of rotatable bonds is 11. The van der Waals surface area contributed by atoms with E-state index in [0.29, 0.717) is 5.92 Å². The van der Waals surface area contributed by atoms with Gasteiger partial charge in [0.25, 0.3) is 0 Å². The van der Waals surface area contributed by atoms with Gasteiger partial charge in [0, 0.05) is 53.0 Å². The Morgan fingerprint density at radius 1 is 0.863 bits per heavy atom. The van der Waals surface area contributed by atoms with Gasteiger partial charge in [-0.25, -0.2) is 4.98 Å². The Hall–Kier alpha value is -3.18. The molecule has 0 saturated carbocycles. The minimum Gasteiger partial charge on any atom is -0.512 e. The summed E-state index contributed by atoms with van der Waals surface area (Å²) < 4.78 is 1.39. The molecule has 3 aromatic carbocycles. The first-order chi connectivity index (χ1) is 23.6. The third-order valence-electron chi connectivity index (χ3n) is 10.7. The fourth-order valence-electron chi connectivity index (χ4n) is 6.23. The Balaban J connectivity index is 0.000000335. The Bertz CT molecular complexity index is 1960. The van der Waals surface area contributed by atoms with Gasteiger partial charge in [0.05, 0.1) is 5.69 Å². The Kier molecular flexibility index (Phi) is 14.5. The van der Waals surface area contributed by atoms with Crippen LogP contribution in [0.25, 0.3) is 43.4 Å². The topological polar surface area (TPSA) is 63.1 Å². The molecule has 1 N–H and O–H groups in total. The number of ketones is 1. The monoisotopic (exact) mass is 882 g/mol. The van der Waals surface area contributed by atoms with E-state index in [0.717, 1.165) is 60.0 Å². The normalized spacial score (nSPS) is 12.5. The van der Waals surface area contributed by atoms with Crippen LogP contribution < -0.4 is 0 Å². The van der Waals surface area contributed by atoms with Gasteiger partial charge in [-0.15, -0.1) is 40.5 Å². The maximum absolute atomic E-state index is 12.2. The first kappa shape index (κ1) is 42.2. The summed E-state index contributed by atoms with van der Waals surface area (Å²) in [5.74, 6) is 0.892. The van der Waals surface area contributed by atoms with Crippen molar-refractivity contribution < 1.29 is 30.0 Å². The van der Waals surface area contributed by atoms with Gasteiger partial charge >= 0.3 is 0 Å². The largest absolute Gasteiger partial charge is 0.512 e. The minimum atomic E-state index is -0.337. The molecule has 275 valence electrons. The van der Waals surface area contributed by atoms with Crippen LogP contribution in [0.15, 0.2) is 78.1 Å². The summed E-state index contributed by atoms with van der Waals surface area (Å²) in [6, 6.07) is 23.3. The van der Waals surface area contributed by atoms with Crippen LogP contribution in [-0.4, -0.2) is 20.9 Å². The average Bonchev–Trinajstić information content (AvgIpc) is 3.59. The molecule has 0 spiro atoms. The van der Waals surface area contributed by atoms with Gasteiger partial charge in [-0.3, -0.25) is 9.78 Å². The summed E-state index contributed by atoms with van der Waals surface area (Å²) in [7, 11) is 0. The fourth-order valence-corrected chi connectivity index (χ4v) is 7.14. The number of aromatic nitrogens is 2. The Labute approximate surface area is 324 Å². The van der Waals surface area contributed by atoms with Gasteiger partial charge in [-0.1, -0.05) is 105 Å². The average molecular weight is 882 g/mol. The second-order valence-electron chi connectivity index (χ2n) is 15.7. The number of hydrogen-bond acceptors (Lipinski definition) is 5. The molecular weight excluding hydrogens is 825 g/mol. The molecule has 6 heteroatoms.